The van der Waals surface area contributed by atoms with Crippen molar-refractivity contribution in [1.82, 2.24) is 5.32 Å². The van der Waals surface area contributed by atoms with Crippen LogP contribution in [0.15, 0.2) is 18.2 Å². The van der Waals surface area contributed by atoms with Gasteiger partial charge in [0.05, 0.1) is 12.1 Å². The van der Waals surface area contributed by atoms with E-state index < -0.39 is 6.10 Å². The number of ether oxygens (including phenoxy) is 2. The summed E-state index contributed by atoms with van der Waals surface area (Å²) in [5.74, 6) is 1.82. The molecule has 1 aliphatic heterocycles. The van der Waals surface area contributed by atoms with Crippen LogP contribution < -0.4 is 10.1 Å². The van der Waals surface area contributed by atoms with Gasteiger partial charge in [-0.2, -0.15) is 0 Å². The predicted octanol–water partition coefficient (Wildman–Crippen LogP) is 3.57. The van der Waals surface area contributed by atoms with Crippen LogP contribution in [0.3, 0.4) is 0 Å². The normalized spacial score (nSPS) is 24.9. The Morgan fingerprint density at radius 2 is 2.00 bits per heavy atom. The number of carbonyl (C=O) groups is 1. The highest BCUT2D eigenvalue weighted by molar-refractivity contribution is 5.81. The van der Waals surface area contributed by atoms with Gasteiger partial charge in [-0.05, 0) is 62.1 Å². The zero-order chi connectivity index (χ0) is 17.3. The van der Waals surface area contributed by atoms with Gasteiger partial charge in [0.15, 0.2) is 6.10 Å². The lowest BCUT2D eigenvalue weighted by molar-refractivity contribution is -0.128. The highest BCUT2D eigenvalue weighted by Crippen LogP contribution is 2.38. The molecule has 1 aromatic carbocycles. The molecule has 1 N–H and O–H groups in total. The van der Waals surface area contributed by atoms with Crippen molar-refractivity contribution in [3.8, 4) is 5.75 Å². The molecular formula is C20H29NO3. The minimum Gasteiger partial charge on any atom is -0.481 e. The molecular weight excluding hydrogens is 302 g/mol. The van der Waals surface area contributed by atoms with E-state index in [0.29, 0.717) is 11.8 Å². The van der Waals surface area contributed by atoms with Gasteiger partial charge in [-0.25, -0.2) is 0 Å². The topological polar surface area (TPSA) is 47.6 Å². The van der Waals surface area contributed by atoms with Crippen molar-refractivity contribution in [3.63, 3.8) is 0 Å². The number of amides is 1. The first kappa shape index (κ1) is 17.3. The maximum atomic E-state index is 12.5. The van der Waals surface area contributed by atoms with Gasteiger partial charge in [0, 0.05) is 6.61 Å². The van der Waals surface area contributed by atoms with E-state index in [-0.39, 0.29) is 18.1 Å². The summed E-state index contributed by atoms with van der Waals surface area (Å²) >= 11 is 0. The van der Waals surface area contributed by atoms with Gasteiger partial charge >= 0.3 is 0 Å². The molecule has 132 valence electrons. The first-order valence-corrected chi connectivity index (χ1v) is 9.15. The third-order valence-electron chi connectivity index (χ3n) is 5.10. The summed E-state index contributed by atoms with van der Waals surface area (Å²) in [5.41, 5.74) is 2.28. The minimum atomic E-state index is -0.508. The highest BCUT2D eigenvalue weighted by atomic mass is 16.5. The van der Waals surface area contributed by atoms with E-state index >= 15 is 0 Å². The second-order valence-corrected chi connectivity index (χ2v) is 7.52. The molecule has 0 spiro atoms. The van der Waals surface area contributed by atoms with Crippen LogP contribution in [-0.4, -0.2) is 30.8 Å². The van der Waals surface area contributed by atoms with Gasteiger partial charge in [0.2, 0.25) is 0 Å². The van der Waals surface area contributed by atoms with Crippen molar-refractivity contribution in [2.45, 2.75) is 71.1 Å². The third kappa shape index (κ3) is 3.92. The van der Waals surface area contributed by atoms with Crippen LogP contribution in [0.1, 0.15) is 57.1 Å². The summed E-state index contributed by atoms with van der Waals surface area (Å²) in [6, 6.07) is 6.37. The molecule has 1 heterocycles. The molecule has 3 unspecified atom stereocenters. The molecule has 1 aliphatic carbocycles. The maximum absolute atomic E-state index is 12.5. The molecule has 4 nitrogen and oxygen atoms in total. The lowest BCUT2D eigenvalue weighted by atomic mass is 10.0. The molecule has 1 aromatic rings. The van der Waals surface area contributed by atoms with Crippen LogP contribution in [0.25, 0.3) is 0 Å². The molecule has 2 aliphatic rings. The number of carbonyl (C=O) groups excluding carboxylic acids is 1. The summed E-state index contributed by atoms with van der Waals surface area (Å²) in [6.07, 6.45) is 3.05. The Balaban J connectivity index is 1.60. The van der Waals surface area contributed by atoms with Crippen LogP contribution in [0.2, 0.25) is 0 Å². The number of rotatable bonds is 6. The average Bonchev–Trinajstić information content (AvgIpc) is 3.29. The van der Waals surface area contributed by atoms with E-state index in [1.807, 2.05) is 13.8 Å². The van der Waals surface area contributed by atoms with Gasteiger partial charge in [-0.1, -0.05) is 26.0 Å². The molecule has 3 rings (SSSR count). The zero-order valence-electron chi connectivity index (χ0n) is 15.2. The van der Waals surface area contributed by atoms with Crippen LogP contribution in [0.4, 0.5) is 0 Å². The number of aryl methyl sites for hydroxylation is 1. The minimum absolute atomic E-state index is 0.0505. The fourth-order valence-corrected chi connectivity index (χ4v) is 3.30. The summed E-state index contributed by atoms with van der Waals surface area (Å²) in [6.45, 7) is 8.89. The first-order valence-electron chi connectivity index (χ1n) is 9.15. The summed E-state index contributed by atoms with van der Waals surface area (Å²) in [4.78, 5) is 12.5. The summed E-state index contributed by atoms with van der Waals surface area (Å²) < 4.78 is 11.8. The SMILES string of the molecule is Cc1ccc(C(C)C)cc1OC(C)C(=O)NC1CCOC1C1CC1. The van der Waals surface area contributed by atoms with Gasteiger partial charge < -0.3 is 14.8 Å². The van der Waals surface area contributed by atoms with Gasteiger partial charge in [-0.15, -0.1) is 0 Å². The Bertz CT molecular complexity index is 595. The number of hydrogen-bond acceptors (Lipinski definition) is 3. The smallest absolute Gasteiger partial charge is 0.261 e. The fraction of sp³-hybridized carbons (Fsp3) is 0.650. The van der Waals surface area contributed by atoms with Gasteiger partial charge in [0.1, 0.15) is 5.75 Å². The van der Waals surface area contributed by atoms with Crippen LogP contribution >= 0.6 is 0 Å². The Kier molecular flexibility index (Phi) is 5.14. The van der Waals surface area contributed by atoms with Crippen molar-refractivity contribution < 1.29 is 14.3 Å². The van der Waals surface area contributed by atoms with Crippen molar-refractivity contribution in [2.24, 2.45) is 5.92 Å². The van der Waals surface area contributed by atoms with Crippen LogP contribution in [-0.2, 0) is 9.53 Å². The quantitative estimate of drug-likeness (QED) is 0.867. The van der Waals surface area contributed by atoms with Crippen LogP contribution in [0.5, 0.6) is 5.75 Å². The number of hydrogen-bond donors (Lipinski definition) is 1. The molecule has 3 atom stereocenters. The lowest BCUT2D eigenvalue weighted by Gasteiger charge is -2.23. The lowest BCUT2D eigenvalue weighted by Crippen LogP contribution is -2.46. The zero-order valence-corrected chi connectivity index (χ0v) is 15.2. The summed E-state index contributed by atoms with van der Waals surface area (Å²) in [7, 11) is 0. The third-order valence-corrected chi connectivity index (χ3v) is 5.10. The Morgan fingerprint density at radius 1 is 1.25 bits per heavy atom. The molecule has 1 saturated carbocycles. The van der Waals surface area contributed by atoms with E-state index in [2.05, 4.69) is 37.4 Å². The van der Waals surface area contributed by atoms with Gasteiger partial charge in [0.25, 0.3) is 5.91 Å². The second kappa shape index (κ2) is 7.14. The second-order valence-electron chi connectivity index (χ2n) is 7.52. The van der Waals surface area contributed by atoms with Gasteiger partial charge in [-0.3, -0.25) is 4.79 Å². The number of benzene rings is 1. The molecule has 1 amide bonds. The highest BCUT2D eigenvalue weighted by Gasteiger charge is 2.41. The largest absolute Gasteiger partial charge is 0.481 e. The average molecular weight is 331 g/mol. The van der Waals surface area contributed by atoms with Crippen molar-refractivity contribution in [3.05, 3.63) is 29.3 Å². The standard InChI is InChI=1S/C20H29NO3/c1-12(2)16-6-5-13(3)18(11-16)24-14(4)20(22)21-17-9-10-23-19(17)15-7-8-15/h5-6,11-12,14-15,17,19H,7-10H2,1-4H3,(H,21,22). The van der Waals surface area contributed by atoms with Crippen molar-refractivity contribution in [2.75, 3.05) is 6.61 Å². The number of nitrogens with one attached hydrogen (secondary N) is 1. The molecule has 1 saturated heterocycles. The van der Waals surface area contributed by atoms with E-state index in [1.54, 1.807) is 0 Å². The summed E-state index contributed by atoms with van der Waals surface area (Å²) in [5, 5.41) is 3.14. The van der Waals surface area contributed by atoms with E-state index in [4.69, 9.17) is 9.47 Å². The monoisotopic (exact) mass is 331 g/mol. The van der Waals surface area contributed by atoms with Crippen LogP contribution in [0, 0.1) is 12.8 Å². The Morgan fingerprint density at radius 3 is 2.67 bits per heavy atom. The van der Waals surface area contributed by atoms with Crippen molar-refractivity contribution >= 4 is 5.91 Å². The Hall–Kier alpha value is -1.55. The fourth-order valence-electron chi connectivity index (χ4n) is 3.30. The molecule has 0 aromatic heterocycles. The van der Waals surface area contributed by atoms with Crippen molar-refractivity contribution in [1.29, 1.82) is 0 Å². The predicted molar refractivity (Wildman–Crippen MR) is 94.4 cm³/mol. The molecule has 0 bridgehead atoms. The molecule has 0 radical (unpaired) electrons. The maximum Gasteiger partial charge on any atom is 0.261 e. The molecule has 4 heteroatoms. The molecule has 24 heavy (non-hydrogen) atoms. The molecule has 2 fully saturated rings. The first-order chi connectivity index (χ1) is 11.5. The van der Waals surface area contributed by atoms with E-state index in [9.17, 15) is 4.79 Å². The van der Waals surface area contributed by atoms with E-state index in [0.717, 1.165) is 24.3 Å². The van der Waals surface area contributed by atoms with E-state index in [1.165, 1.54) is 18.4 Å². The Labute approximate surface area is 144 Å².